The molecule has 2 nitrogen and oxygen atoms in total. The second-order valence-corrected chi connectivity index (χ2v) is 5.32. The van der Waals surface area contributed by atoms with Gasteiger partial charge in [-0.05, 0) is 36.1 Å². The van der Waals surface area contributed by atoms with Gasteiger partial charge in [0.2, 0.25) is 0 Å². The van der Waals surface area contributed by atoms with E-state index in [2.05, 4.69) is 34.6 Å². The van der Waals surface area contributed by atoms with Crippen molar-refractivity contribution in [3.63, 3.8) is 0 Å². The summed E-state index contributed by atoms with van der Waals surface area (Å²) in [6.07, 6.45) is 7.76. The highest BCUT2D eigenvalue weighted by Crippen LogP contribution is 2.08. The molecule has 0 spiro atoms. The molecule has 0 saturated heterocycles. The van der Waals surface area contributed by atoms with Gasteiger partial charge < -0.3 is 4.57 Å². The fraction of sp³-hybridized carbons (Fsp3) is 0.0870. The van der Waals surface area contributed by atoms with Gasteiger partial charge in [-0.15, -0.1) is 12.3 Å². The minimum Gasteiger partial charge on any atom is -0.322 e. The van der Waals surface area contributed by atoms with Gasteiger partial charge in [-0.25, -0.2) is 4.98 Å². The van der Waals surface area contributed by atoms with E-state index < -0.39 is 0 Å². The maximum atomic E-state index is 5.39. The molecule has 2 aromatic carbocycles. The highest BCUT2D eigenvalue weighted by atomic mass is 15.0. The molecule has 0 radical (unpaired) electrons. The molecule has 0 aliphatic heterocycles. The van der Waals surface area contributed by atoms with E-state index in [-0.39, 0.29) is 0 Å². The Balaban J connectivity index is 1.96. The van der Waals surface area contributed by atoms with Crippen LogP contribution in [0.5, 0.6) is 0 Å². The van der Waals surface area contributed by atoms with Crippen LogP contribution < -0.4 is 0 Å². The van der Waals surface area contributed by atoms with Crippen LogP contribution in [0, 0.1) is 36.0 Å². The van der Waals surface area contributed by atoms with Crippen LogP contribution in [-0.4, -0.2) is 9.55 Å². The zero-order valence-electron chi connectivity index (χ0n) is 13.7. The van der Waals surface area contributed by atoms with Crippen LogP contribution in [0.15, 0.2) is 67.0 Å². The van der Waals surface area contributed by atoms with E-state index in [0.29, 0.717) is 18.7 Å². The molecule has 3 aromatic rings. The highest BCUT2D eigenvalue weighted by Gasteiger charge is 2.06. The molecule has 25 heavy (non-hydrogen) atoms. The van der Waals surface area contributed by atoms with Crippen molar-refractivity contribution in [3.8, 4) is 36.0 Å². The lowest BCUT2D eigenvalue weighted by molar-refractivity contribution is 0.711. The van der Waals surface area contributed by atoms with Crippen LogP contribution in [0.3, 0.4) is 0 Å². The van der Waals surface area contributed by atoms with Gasteiger partial charge in [0, 0.05) is 24.1 Å². The van der Waals surface area contributed by atoms with E-state index in [9.17, 15) is 0 Å². The first-order valence-electron chi connectivity index (χ1n) is 7.99. The summed E-state index contributed by atoms with van der Waals surface area (Å²) in [6, 6.07) is 19.7. The maximum absolute atomic E-state index is 5.39. The number of terminal acetylenes is 1. The molecule has 0 unspecified atom stereocenters. The third-order valence-electron chi connectivity index (χ3n) is 3.53. The first-order valence-corrected chi connectivity index (χ1v) is 7.99. The average molecular weight is 320 g/mol. The summed E-state index contributed by atoms with van der Waals surface area (Å²) in [6.45, 7) is 0.676. The Morgan fingerprint density at radius 1 is 0.800 bits per heavy atom. The van der Waals surface area contributed by atoms with Gasteiger partial charge in [-0.3, -0.25) is 0 Å². The molecule has 0 N–H and O–H groups in total. The standard InChI is InChI=1S/C23H16N2/c1-2-3-18-25-19-24-22(16-14-20-10-6-4-7-11-20)23(25)17-15-21-12-8-5-9-13-21/h1,4-13,19H,3,18H2. The minimum atomic E-state index is 0.627. The number of nitrogens with zero attached hydrogens (tertiary/aromatic N) is 2. The average Bonchev–Trinajstić information content (AvgIpc) is 3.06. The number of benzene rings is 2. The smallest absolute Gasteiger partial charge is 0.147 e. The van der Waals surface area contributed by atoms with Crippen molar-refractivity contribution >= 4 is 0 Å². The number of rotatable bonds is 2. The van der Waals surface area contributed by atoms with Crippen molar-refractivity contribution in [2.24, 2.45) is 0 Å². The normalized spacial score (nSPS) is 9.24. The van der Waals surface area contributed by atoms with Crippen LogP contribution in [-0.2, 0) is 6.54 Å². The summed E-state index contributed by atoms with van der Waals surface area (Å²) in [5.41, 5.74) is 3.36. The first kappa shape index (κ1) is 16.2. The van der Waals surface area contributed by atoms with Gasteiger partial charge in [0.05, 0.1) is 6.33 Å². The van der Waals surface area contributed by atoms with Crippen molar-refractivity contribution in [3.05, 3.63) is 89.5 Å². The second-order valence-electron chi connectivity index (χ2n) is 5.32. The Labute approximate surface area is 148 Å². The summed E-state index contributed by atoms with van der Waals surface area (Å²) >= 11 is 0. The quantitative estimate of drug-likeness (QED) is 0.658. The Morgan fingerprint density at radius 3 is 2.00 bits per heavy atom. The molecule has 2 heteroatoms. The van der Waals surface area contributed by atoms with E-state index in [4.69, 9.17) is 6.42 Å². The van der Waals surface area contributed by atoms with Crippen molar-refractivity contribution in [2.75, 3.05) is 0 Å². The Kier molecular flexibility index (Phi) is 5.35. The van der Waals surface area contributed by atoms with Gasteiger partial charge >= 0.3 is 0 Å². The van der Waals surface area contributed by atoms with Gasteiger partial charge in [0.15, 0.2) is 0 Å². The van der Waals surface area contributed by atoms with Crippen LogP contribution >= 0.6 is 0 Å². The van der Waals surface area contributed by atoms with E-state index in [1.54, 1.807) is 6.33 Å². The lowest BCUT2D eigenvalue weighted by atomic mass is 10.2. The zero-order valence-corrected chi connectivity index (χ0v) is 13.7. The molecular weight excluding hydrogens is 304 g/mol. The monoisotopic (exact) mass is 320 g/mol. The molecule has 3 rings (SSSR count). The lowest BCUT2D eigenvalue weighted by Gasteiger charge is -2.00. The predicted octanol–water partition coefficient (Wildman–Crippen LogP) is 3.71. The lowest BCUT2D eigenvalue weighted by Crippen LogP contribution is -1.99. The van der Waals surface area contributed by atoms with Crippen LogP contribution in [0.25, 0.3) is 0 Å². The summed E-state index contributed by atoms with van der Waals surface area (Å²) < 4.78 is 1.96. The molecule has 1 aromatic heterocycles. The third-order valence-corrected chi connectivity index (χ3v) is 3.53. The fourth-order valence-electron chi connectivity index (χ4n) is 2.27. The summed E-state index contributed by atoms with van der Waals surface area (Å²) in [5.74, 6) is 15.3. The first-order chi connectivity index (χ1) is 12.4. The summed E-state index contributed by atoms with van der Waals surface area (Å²) in [4.78, 5) is 4.41. The van der Waals surface area contributed by atoms with Crippen molar-refractivity contribution in [1.29, 1.82) is 0 Å². The topological polar surface area (TPSA) is 17.8 Å². The maximum Gasteiger partial charge on any atom is 0.147 e. The largest absolute Gasteiger partial charge is 0.322 e. The van der Waals surface area contributed by atoms with Gasteiger partial charge in [0.25, 0.3) is 0 Å². The van der Waals surface area contributed by atoms with E-state index in [0.717, 1.165) is 16.8 Å². The summed E-state index contributed by atoms with van der Waals surface area (Å²) in [7, 11) is 0. The van der Waals surface area contributed by atoms with E-state index in [1.165, 1.54) is 0 Å². The molecule has 0 saturated carbocycles. The van der Waals surface area contributed by atoms with Crippen LogP contribution in [0.1, 0.15) is 28.9 Å². The molecule has 0 aliphatic carbocycles. The van der Waals surface area contributed by atoms with Crippen molar-refractivity contribution in [1.82, 2.24) is 9.55 Å². The SMILES string of the molecule is C#CCCn1cnc(C#Cc2ccccc2)c1C#Cc1ccccc1. The summed E-state index contributed by atoms with van der Waals surface area (Å²) in [5, 5.41) is 0. The Bertz CT molecular complexity index is 998. The molecule has 1 heterocycles. The second kappa shape index (κ2) is 8.26. The molecular formula is C23H16N2. The molecule has 118 valence electrons. The number of hydrogen-bond acceptors (Lipinski definition) is 1. The number of hydrogen-bond donors (Lipinski definition) is 0. The predicted molar refractivity (Wildman–Crippen MR) is 101 cm³/mol. The zero-order chi connectivity index (χ0) is 17.3. The molecule has 0 atom stereocenters. The number of aromatic nitrogens is 2. The van der Waals surface area contributed by atoms with Gasteiger partial charge in [0.1, 0.15) is 11.4 Å². The number of aryl methyl sites for hydroxylation is 1. The molecule has 0 fully saturated rings. The Hall–Kier alpha value is -3.67. The van der Waals surface area contributed by atoms with Gasteiger partial charge in [-0.2, -0.15) is 0 Å². The fourth-order valence-corrected chi connectivity index (χ4v) is 2.27. The van der Waals surface area contributed by atoms with E-state index in [1.807, 2.05) is 65.2 Å². The van der Waals surface area contributed by atoms with Crippen LogP contribution in [0.4, 0.5) is 0 Å². The number of imidazole rings is 1. The van der Waals surface area contributed by atoms with Crippen molar-refractivity contribution < 1.29 is 0 Å². The molecule has 0 bridgehead atoms. The van der Waals surface area contributed by atoms with E-state index >= 15 is 0 Å². The minimum absolute atomic E-state index is 0.627. The van der Waals surface area contributed by atoms with Gasteiger partial charge in [-0.1, -0.05) is 48.2 Å². The molecule has 0 aliphatic rings. The molecule has 0 amide bonds. The highest BCUT2D eigenvalue weighted by molar-refractivity contribution is 5.49. The third kappa shape index (κ3) is 4.42. The van der Waals surface area contributed by atoms with Crippen molar-refractivity contribution in [2.45, 2.75) is 13.0 Å². The Morgan fingerprint density at radius 2 is 1.40 bits per heavy atom. The van der Waals surface area contributed by atoms with Crippen LogP contribution in [0.2, 0.25) is 0 Å².